The highest BCUT2D eigenvalue weighted by Crippen LogP contribution is 2.34. The van der Waals surface area contributed by atoms with Gasteiger partial charge < -0.3 is 15.0 Å². The zero-order chi connectivity index (χ0) is 14.8. The van der Waals surface area contributed by atoms with Gasteiger partial charge in [0.15, 0.2) is 0 Å². The van der Waals surface area contributed by atoms with E-state index in [0.29, 0.717) is 5.75 Å². The smallest absolute Gasteiger partial charge is 0.279 e. The third-order valence-electron chi connectivity index (χ3n) is 3.99. The molecule has 6 heteroatoms. The number of carbonyl (C=O) groups excluding carboxylic acids is 2. The average Bonchev–Trinajstić information content (AvgIpc) is 3.15. The van der Waals surface area contributed by atoms with Gasteiger partial charge in [-0.3, -0.25) is 9.59 Å². The van der Waals surface area contributed by atoms with Crippen molar-refractivity contribution in [2.75, 3.05) is 19.4 Å². The first kappa shape index (κ1) is 14.3. The first-order valence-electron chi connectivity index (χ1n) is 7.07. The van der Waals surface area contributed by atoms with Crippen molar-refractivity contribution >= 4 is 22.9 Å². The molecule has 0 aromatic heterocycles. The molecule has 0 unspecified atom stereocenters. The molecule has 0 bridgehead atoms. The lowest BCUT2D eigenvalue weighted by atomic mass is 10.0. The summed E-state index contributed by atoms with van der Waals surface area (Å²) in [5.41, 5.74) is 1.09. The molecule has 0 radical (unpaired) electrons. The zero-order valence-electron chi connectivity index (χ0n) is 11.9. The molecule has 1 N–H and O–H groups in total. The van der Waals surface area contributed by atoms with E-state index in [9.17, 15) is 9.59 Å². The van der Waals surface area contributed by atoms with E-state index in [0.717, 1.165) is 30.7 Å². The second-order valence-corrected chi connectivity index (χ2v) is 6.25. The summed E-state index contributed by atoms with van der Waals surface area (Å²) in [7, 11) is 1.64. The van der Waals surface area contributed by atoms with Crippen molar-refractivity contribution < 1.29 is 14.3 Å². The van der Waals surface area contributed by atoms with Crippen molar-refractivity contribution in [1.29, 1.82) is 0 Å². The van der Waals surface area contributed by atoms with E-state index in [1.54, 1.807) is 7.11 Å². The predicted octanol–water partition coefficient (Wildman–Crippen LogP) is 2.18. The molecule has 3 rings (SSSR count). The van der Waals surface area contributed by atoms with Crippen molar-refractivity contribution in [2.45, 2.75) is 24.9 Å². The average molecular weight is 306 g/mol. The number of nitrogens with zero attached hydrogens (tertiary/aromatic N) is 1. The molecule has 0 saturated carbocycles. The van der Waals surface area contributed by atoms with Crippen LogP contribution in [0.4, 0.5) is 4.79 Å². The molecule has 2 atom stereocenters. The van der Waals surface area contributed by atoms with Crippen molar-refractivity contribution in [2.24, 2.45) is 0 Å². The molecule has 2 heterocycles. The SMILES string of the molecule is COc1cccc([C@@H]2CCCN2C(=O)[C@@H]2CSC(=O)N2)c1. The molecule has 21 heavy (non-hydrogen) atoms. The molecule has 1 aromatic rings. The van der Waals surface area contributed by atoms with Crippen LogP contribution in [0.1, 0.15) is 24.4 Å². The van der Waals surface area contributed by atoms with E-state index in [-0.39, 0.29) is 23.2 Å². The molecule has 5 nitrogen and oxygen atoms in total. The summed E-state index contributed by atoms with van der Waals surface area (Å²) in [6.07, 6.45) is 1.94. The normalized spacial score (nSPS) is 25.0. The van der Waals surface area contributed by atoms with Crippen molar-refractivity contribution in [3.8, 4) is 5.75 Å². The lowest BCUT2D eigenvalue weighted by molar-refractivity contribution is -0.133. The molecule has 2 aliphatic heterocycles. The van der Waals surface area contributed by atoms with Gasteiger partial charge in [-0.15, -0.1) is 0 Å². The first-order valence-corrected chi connectivity index (χ1v) is 8.05. The summed E-state index contributed by atoms with van der Waals surface area (Å²) in [6, 6.07) is 7.56. The Morgan fingerprint density at radius 3 is 3.05 bits per heavy atom. The van der Waals surface area contributed by atoms with Gasteiger partial charge in [0.25, 0.3) is 5.24 Å². The van der Waals surface area contributed by atoms with E-state index in [2.05, 4.69) is 5.32 Å². The van der Waals surface area contributed by atoms with Gasteiger partial charge in [-0.1, -0.05) is 23.9 Å². The molecular formula is C15H18N2O3S. The van der Waals surface area contributed by atoms with Crippen molar-refractivity contribution in [1.82, 2.24) is 10.2 Å². The van der Waals surface area contributed by atoms with Gasteiger partial charge in [0.05, 0.1) is 13.2 Å². The summed E-state index contributed by atoms with van der Waals surface area (Å²) in [6.45, 7) is 0.748. The molecule has 112 valence electrons. The number of methoxy groups -OCH3 is 1. The van der Waals surface area contributed by atoms with Crippen molar-refractivity contribution in [3.63, 3.8) is 0 Å². The molecule has 2 amide bonds. The highest BCUT2D eigenvalue weighted by atomic mass is 32.2. The Morgan fingerprint density at radius 2 is 2.33 bits per heavy atom. The van der Waals surface area contributed by atoms with Crippen LogP contribution in [0.2, 0.25) is 0 Å². The first-order chi connectivity index (χ1) is 10.2. The minimum atomic E-state index is -0.381. The maximum atomic E-state index is 12.6. The molecule has 2 aliphatic rings. The predicted molar refractivity (Wildman–Crippen MR) is 81.5 cm³/mol. The lowest BCUT2D eigenvalue weighted by Crippen LogP contribution is -2.45. The van der Waals surface area contributed by atoms with Gasteiger partial charge in [-0.25, -0.2) is 0 Å². The minimum Gasteiger partial charge on any atom is -0.497 e. The number of hydrogen-bond acceptors (Lipinski definition) is 4. The van der Waals surface area contributed by atoms with Gasteiger partial charge in [0.2, 0.25) is 5.91 Å². The fourth-order valence-corrected chi connectivity index (χ4v) is 3.71. The maximum Gasteiger partial charge on any atom is 0.279 e. The van der Waals surface area contributed by atoms with E-state index < -0.39 is 0 Å². The monoisotopic (exact) mass is 306 g/mol. The second kappa shape index (κ2) is 5.97. The summed E-state index contributed by atoms with van der Waals surface area (Å²) in [5, 5.41) is 2.63. The highest BCUT2D eigenvalue weighted by molar-refractivity contribution is 8.14. The number of likely N-dealkylation sites (tertiary alicyclic amines) is 1. The van der Waals surface area contributed by atoms with E-state index in [1.807, 2.05) is 29.2 Å². The number of carbonyl (C=O) groups is 2. The van der Waals surface area contributed by atoms with Gasteiger partial charge >= 0.3 is 0 Å². The van der Waals surface area contributed by atoms with Crippen LogP contribution < -0.4 is 10.1 Å². The van der Waals surface area contributed by atoms with Crippen LogP contribution in [0.25, 0.3) is 0 Å². The largest absolute Gasteiger partial charge is 0.497 e. The number of thioether (sulfide) groups is 1. The molecule has 2 fully saturated rings. The topological polar surface area (TPSA) is 58.6 Å². The molecule has 0 aliphatic carbocycles. The van der Waals surface area contributed by atoms with Crippen LogP contribution in [-0.4, -0.2) is 41.5 Å². The Bertz CT molecular complexity index is 564. The molecular weight excluding hydrogens is 288 g/mol. The van der Waals surface area contributed by atoms with Crippen LogP contribution in [0.5, 0.6) is 5.75 Å². The number of hydrogen-bond donors (Lipinski definition) is 1. The summed E-state index contributed by atoms with van der Waals surface area (Å²) >= 11 is 1.18. The third-order valence-corrected chi connectivity index (χ3v) is 4.87. The molecule has 2 saturated heterocycles. The number of ether oxygens (including phenoxy) is 1. The van der Waals surface area contributed by atoms with E-state index in [1.165, 1.54) is 11.8 Å². The Hall–Kier alpha value is -1.69. The fourth-order valence-electron chi connectivity index (χ4n) is 2.94. The summed E-state index contributed by atoms with van der Waals surface area (Å²) in [4.78, 5) is 25.8. The number of rotatable bonds is 3. The zero-order valence-corrected chi connectivity index (χ0v) is 12.7. The number of amides is 2. The van der Waals surface area contributed by atoms with Crippen LogP contribution >= 0.6 is 11.8 Å². The lowest BCUT2D eigenvalue weighted by Gasteiger charge is -2.27. The van der Waals surface area contributed by atoms with Crippen molar-refractivity contribution in [3.05, 3.63) is 29.8 Å². The van der Waals surface area contributed by atoms with Gasteiger partial charge in [0.1, 0.15) is 11.8 Å². The van der Waals surface area contributed by atoms with Crippen LogP contribution in [-0.2, 0) is 4.79 Å². The van der Waals surface area contributed by atoms with Gasteiger partial charge in [-0.05, 0) is 30.5 Å². The van der Waals surface area contributed by atoms with Gasteiger partial charge in [0, 0.05) is 12.3 Å². The summed E-state index contributed by atoms with van der Waals surface area (Å²) < 4.78 is 5.26. The third kappa shape index (κ3) is 2.85. The van der Waals surface area contributed by atoms with Crippen LogP contribution in [0.3, 0.4) is 0 Å². The Labute approximate surface area is 128 Å². The number of benzene rings is 1. The van der Waals surface area contributed by atoms with Crippen LogP contribution in [0.15, 0.2) is 24.3 Å². The highest BCUT2D eigenvalue weighted by Gasteiger charge is 2.37. The van der Waals surface area contributed by atoms with Crippen LogP contribution in [0, 0.1) is 0 Å². The Morgan fingerprint density at radius 1 is 1.48 bits per heavy atom. The maximum absolute atomic E-state index is 12.6. The second-order valence-electron chi connectivity index (χ2n) is 5.26. The fraction of sp³-hybridized carbons (Fsp3) is 0.467. The van der Waals surface area contributed by atoms with E-state index >= 15 is 0 Å². The summed E-state index contributed by atoms with van der Waals surface area (Å²) in [5.74, 6) is 1.36. The quantitative estimate of drug-likeness (QED) is 0.930. The van der Waals surface area contributed by atoms with Gasteiger partial charge in [-0.2, -0.15) is 0 Å². The number of nitrogens with one attached hydrogen (secondary N) is 1. The Kier molecular flexibility index (Phi) is 4.05. The molecule has 0 spiro atoms. The standard InChI is InChI=1S/C15H18N2O3S/c1-20-11-5-2-4-10(8-11)13-6-3-7-17(13)14(18)12-9-21-15(19)16-12/h2,4-5,8,12-13H,3,6-7,9H2,1H3,(H,16,19)/t12-,13-/m0/s1. The Balaban J connectivity index is 1.78. The van der Waals surface area contributed by atoms with E-state index in [4.69, 9.17) is 4.74 Å². The minimum absolute atomic E-state index is 0.0265. The molecule has 1 aromatic carbocycles.